The fraction of sp³-hybridized carbons (Fsp3) is 0.316. The minimum Gasteiger partial charge on any atom is -0.376 e. The maximum Gasteiger partial charge on any atom is 0.309 e. The first kappa shape index (κ1) is 18.3. The number of nitrogens with one attached hydrogen (secondary N) is 2. The van der Waals surface area contributed by atoms with Gasteiger partial charge in [0.1, 0.15) is 0 Å². The van der Waals surface area contributed by atoms with Gasteiger partial charge >= 0.3 is 11.8 Å². The molecule has 1 aromatic carbocycles. The summed E-state index contributed by atoms with van der Waals surface area (Å²) in [4.78, 5) is 37.4. The van der Waals surface area contributed by atoms with Crippen LogP contribution in [0.4, 0.5) is 0 Å². The maximum absolute atomic E-state index is 12.4. The smallest absolute Gasteiger partial charge is 0.309 e. The molecule has 1 saturated heterocycles. The standard InChI is InChI=1S/C19H20N2O4S/c22-17(13-5-2-1-3-6-13)16-9-8-15(26-16)12-21-19(24)18(23)20-11-14-7-4-10-25-14/h1-3,5-6,8-9,14H,4,7,10-12H2,(H,20,23)(H,21,24). The fourth-order valence-corrected chi connectivity index (χ4v) is 3.58. The Morgan fingerprint density at radius 3 is 2.54 bits per heavy atom. The van der Waals surface area contributed by atoms with Crippen LogP contribution in [0.25, 0.3) is 0 Å². The summed E-state index contributed by atoms with van der Waals surface area (Å²) in [6, 6.07) is 12.5. The molecule has 7 heteroatoms. The summed E-state index contributed by atoms with van der Waals surface area (Å²) in [5.74, 6) is -1.41. The van der Waals surface area contributed by atoms with E-state index in [1.165, 1.54) is 11.3 Å². The van der Waals surface area contributed by atoms with Crippen molar-refractivity contribution in [2.75, 3.05) is 13.2 Å². The molecular formula is C19H20N2O4S. The molecule has 0 spiro atoms. The molecule has 1 unspecified atom stereocenters. The summed E-state index contributed by atoms with van der Waals surface area (Å²) in [5.41, 5.74) is 0.624. The number of carbonyl (C=O) groups excluding carboxylic acids is 3. The molecule has 2 aromatic rings. The van der Waals surface area contributed by atoms with Crippen molar-refractivity contribution in [3.63, 3.8) is 0 Å². The van der Waals surface area contributed by atoms with Gasteiger partial charge in [0.25, 0.3) is 0 Å². The van der Waals surface area contributed by atoms with E-state index in [0.717, 1.165) is 17.7 Å². The van der Waals surface area contributed by atoms with E-state index in [1.807, 2.05) is 18.2 Å². The Balaban J connectivity index is 1.47. The van der Waals surface area contributed by atoms with Gasteiger partial charge in [-0.05, 0) is 25.0 Å². The summed E-state index contributed by atoms with van der Waals surface area (Å²) >= 11 is 1.31. The lowest BCUT2D eigenvalue weighted by molar-refractivity contribution is -0.139. The minimum absolute atomic E-state index is 0.00407. The van der Waals surface area contributed by atoms with E-state index in [9.17, 15) is 14.4 Å². The van der Waals surface area contributed by atoms with Crippen molar-refractivity contribution in [3.05, 3.63) is 57.8 Å². The summed E-state index contributed by atoms with van der Waals surface area (Å²) in [7, 11) is 0. The number of hydrogen-bond donors (Lipinski definition) is 2. The van der Waals surface area contributed by atoms with Gasteiger partial charge in [-0.25, -0.2) is 0 Å². The fourth-order valence-electron chi connectivity index (χ4n) is 2.67. The number of ether oxygens (including phenoxy) is 1. The van der Waals surface area contributed by atoms with Gasteiger partial charge in [0.05, 0.1) is 17.5 Å². The lowest BCUT2D eigenvalue weighted by atomic mass is 10.1. The van der Waals surface area contributed by atoms with Gasteiger partial charge in [0, 0.05) is 23.6 Å². The lowest BCUT2D eigenvalue weighted by Crippen LogP contribution is -2.42. The maximum atomic E-state index is 12.4. The molecule has 1 fully saturated rings. The Labute approximate surface area is 155 Å². The van der Waals surface area contributed by atoms with Gasteiger partial charge in [0.2, 0.25) is 5.78 Å². The van der Waals surface area contributed by atoms with Crippen LogP contribution >= 0.6 is 11.3 Å². The topological polar surface area (TPSA) is 84.5 Å². The van der Waals surface area contributed by atoms with Crippen molar-refractivity contribution in [2.45, 2.75) is 25.5 Å². The van der Waals surface area contributed by atoms with Crippen molar-refractivity contribution < 1.29 is 19.1 Å². The van der Waals surface area contributed by atoms with E-state index >= 15 is 0 Å². The van der Waals surface area contributed by atoms with Crippen LogP contribution < -0.4 is 10.6 Å². The van der Waals surface area contributed by atoms with Crippen molar-refractivity contribution >= 4 is 28.9 Å². The second-order valence-corrected chi connectivity index (χ2v) is 7.16. The molecule has 3 rings (SSSR count). The molecule has 0 aliphatic carbocycles. The number of rotatable bonds is 6. The van der Waals surface area contributed by atoms with Gasteiger partial charge in [-0.1, -0.05) is 30.3 Å². The third-order valence-corrected chi connectivity index (χ3v) is 5.15. The van der Waals surface area contributed by atoms with Crippen LogP contribution in [0.15, 0.2) is 42.5 Å². The number of hydrogen-bond acceptors (Lipinski definition) is 5. The third kappa shape index (κ3) is 4.77. The van der Waals surface area contributed by atoms with Gasteiger partial charge in [-0.2, -0.15) is 0 Å². The molecule has 6 nitrogen and oxygen atoms in total. The van der Waals surface area contributed by atoms with E-state index in [0.29, 0.717) is 23.6 Å². The first-order valence-corrected chi connectivity index (χ1v) is 9.31. The molecule has 2 amide bonds. The van der Waals surface area contributed by atoms with Gasteiger partial charge < -0.3 is 15.4 Å². The largest absolute Gasteiger partial charge is 0.376 e. The molecule has 2 heterocycles. The van der Waals surface area contributed by atoms with Crippen molar-refractivity contribution in [2.24, 2.45) is 0 Å². The molecule has 136 valence electrons. The zero-order valence-corrected chi connectivity index (χ0v) is 15.0. The Bertz CT molecular complexity index is 782. The van der Waals surface area contributed by atoms with Crippen LogP contribution in [0, 0.1) is 0 Å². The minimum atomic E-state index is -0.688. The number of ketones is 1. The predicted molar refractivity (Wildman–Crippen MR) is 98.0 cm³/mol. The zero-order chi connectivity index (χ0) is 18.4. The lowest BCUT2D eigenvalue weighted by Gasteiger charge is -2.10. The van der Waals surface area contributed by atoms with Gasteiger partial charge in [-0.3, -0.25) is 14.4 Å². The molecule has 0 bridgehead atoms. The summed E-state index contributed by atoms with van der Waals surface area (Å²) in [6.07, 6.45) is 1.88. The molecule has 26 heavy (non-hydrogen) atoms. The van der Waals surface area contributed by atoms with E-state index in [1.54, 1.807) is 24.3 Å². The van der Waals surface area contributed by atoms with Crippen molar-refractivity contribution in [1.82, 2.24) is 10.6 Å². The SMILES string of the molecule is O=C(NCc1ccc(C(=O)c2ccccc2)s1)C(=O)NCC1CCCO1. The Hall–Kier alpha value is -2.51. The molecule has 0 saturated carbocycles. The molecular weight excluding hydrogens is 352 g/mol. The number of carbonyl (C=O) groups is 3. The highest BCUT2D eigenvalue weighted by Crippen LogP contribution is 2.20. The normalized spacial score (nSPS) is 16.2. The number of benzene rings is 1. The first-order chi connectivity index (χ1) is 12.6. The van der Waals surface area contributed by atoms with Crippen LogP contribution in [0.3, 0.4) is 0 Å². The molecule has 1 atom stereocenters. The van der Waals surface area contributed by atoms with E-state index in [4.69, 9.17) is 4.74 Å². The third-order valence-electron chi connectivity index (χ3n) is 4.07. The average molecular weight is 372 g/mol. The first-order valence-electron chi connectivity index (χ1n) is 8.49. The molecule has 2 N–H and O–H groups in total. The van der Waals surface area contributed by atoms with Crippen molar-refractivity contribution in [3.8, 4) is 0 Å². The Morgan fingerprint density at radius 2 is 1.81 bits per heavy atom. The highest BCUT2D eigenvalue weighted by molar-refractivity contribution is 7.14. The molecule has 1 aliphatic rings. The molecule has 0 radical (unpaired) electrons. The monoisotopic (exact) mass is 372 g/mol. The van der Waals surface area contributed by atoms with E-state index in [2.05, 4.69) is 10.6 Å². The number of thiophene rings is 1. The van der Waals surface area contributed by atoms with Gasteiger partial charge in [0.15, 0.2) is 0 Å². The predicted octanol–water partition coefficient (Wildman–Crippen LogP) is 1.89. The second-order valence-electron chi connectivity index (χ2n) is 5.99. The van der Waals surface area contributed by atoms with Gasteiger partial charge in [-0.15, -0.1) is 11.3 Å². The van der Waals surface area contributed by atoms with E-state index < -0.39 is 11.8 Å². The van der Waals surface area contributed by atoms with Crippen LogP contribution in [-0.2, 0) is 20.9 Å². The molecule has 1 aliphatic heterocycles. The zero-order valence-electron chi connectivity index (χ0n) is 14.2. The van der Waals surface area contributed by atoms with Crippen LogP contribution in [-0.4, -0.2) is 36.9 Å². The van der Waals surface area contributed by atoms with Crippen LogP contribution in [0.1, 0.15) is 33.0 Å². The Kier molecular flexibility index (Phi) is 6.14. The van der Waals surface area contributed by atoms with E-state index in [-0.39, 0.29) is 18.4 Å². The van der Waals surface area contributed by atoms with Crippen molar-refractivity contribution in [1.29, 1.82) is 0 Å². The Morgan fingerprint density at radius 1 is 1.04 bits per heavy atom. The highest BCUT2D eigenvalue weighted by Gasteiger charge is 2.19. The van der Waals surface area contributed by atoms with Crippen LogP contribution in [0.5, 0.6) is 0 Å². The highest BCUT2D eigenvalue weighted by atomic mass is 32.1. The summed E-state index contributed by atoms with van der Waals surface area (Å²) in [6.45, 7) is 1.26. The molecule has 1 aromatic heterocycles. The van der Waals surface area contributed by atoms with Crippen LogP contribution in [0.2, 0.25) is 0 Å². The summed E-state index contributed by atoms with van der Waals surface area (Å²) < 4.78 is 5.40. The summed E-state index contributed by atoms with van der Waals surface area (Å²) in [5, 5.41) is 5.15. The number of amides is 2. The quantitative estimate of drug-likeness (QED) is 0.599. The second kappa shape index (κ2) is 8.73. The average Bonchev–Trinajstić information content (AvgIpc) is 3.36.